The Bertz CT molecular complexity index is 434. The van der Waals surface area contributed by atoms with Gasteiger partial charge in [0.25, 0.3) is 0 Å². The summed E-state index contributed by atoms with van der Waals surface area (Å²) in [5.74, 6) is 0. The molecule has 0 radical (unpaired) electrons. The molecular weight excluding hydrogens is 168 g/mol. The highest BCUT2D eigenvalue weighted by atomic mass is 16.5. The van der Waals surface area contributed by atoms with Crippen molar-refractivity contribution in [3.8, 4) is 0 Å². The first-order chi connectivity index (χ1) is 6.20. The van der Waals surface area contributed by atoms with Crippen molar-refractivity contribution in [3.63, 3.8) is 0 Å². The van der Waals surface area contributed by atoms with Gasteiger partial charge in [-0.15, -0.1) is 0 Å². The standard InChI is InChI=1S/C9H10N2O2/c1-11-7-5-3-2-4-6(7)8(10-11)9(12)13/h2-5,9,12-13H,1H3. The van der Waals surface area contributed by atoms with Crippen LogP contribution in [0.4, 0.5) is 0 Å². The molecule has 13 heavy (non-hydrogen) atoms. The van der Waals surface area contributed by atoms with E-state index in [1.165, 1.54) is 0 Å². The highest BCUT2D eigenvalue weighted by Gasteiger charge is 2.12. The third-order valence-corrected chi connectivity index (χ3v) is 2.03. The summed E-state index contributed by atoms with van der Waals surface area (Å²) in [7, 11) is 1.77. The summed E-state index contributed by atoms with van der Waals surface area (Å²) in [4.78, 5) is 0. The van der Waals surface area contributed by atoms with Gasteiger partial charge in [-0.1, -0.05) is 18.2 Å². The van der Waals surface area contributed by atoms with Gasteiger partial charge in [-0.05, 0) is 6.07 Å². The van der Waals surface area contributed by atoms with Crippen LogP contribution in [0.3, 0.4) is 0 Å². The average Bonchev–Trinajstić information content (AvgIpc) is 2.45. The maximum Gasteiger partial charge on any atom is 0.198 e. The fraction of sp³-hybridized carbons (Fsp3) is 0.222. The van der Waals surface area contributed by atoms with Crippen LogP contribution in [0.15, 0.2) is 24.3 Å². The molecule has 68 valence electrons. The number of aliphatic hydroxyl groups excluding tert-OH is 1. The molecule has 2 rings (SSSR count). The maximum absolute atomic E-state index is 9.01. The zero-order valence-electron chi connectivity index (χ0n) is 7.18. The van der Waals surface area contributed by atoms with Crippen molar-refractivity contribution < 1.29 is 10.2 Å². The number of benzene rings is 1. The molecule has 4 heteroatoms. The van der Waals surface area contributed by atoms with Gasteiger partial charge < -0.3 is 10.2 Å². The van der Waals surface area contributed by atoms with Crippen LogP contribution in [0.1, 0.15) is 12.0 Å². The quantitative estimate of drug-likeness (QED) is 0.627. The van der Waals surface area contributed by atoms with Crippen LogP contribution >= 0.6 is 0 Å². The smallest absolute Gasteiger partial charge is 0.198 e. The van der Waals surface area contributed by atoms with Gasteiger partial charge in [0.1, 0.15) is 5.69 Å². The molecule has 1 heterocycles. The van der Waals surface area contributed by atoms with Crippen molar-refractivity contribution in [2.75, 3.05) is 0 Å². The van der Waals surface area contributed by atoms with E-state index in [-0.39, 0.29) is 0 Å². The van der Waals surface area contributed by atoms with Crippen molar-refractivity contribution in [3.05, 3.63) is 30.0 Å². The van der Waals surface area contributed by atoms with Crippen molar-refractivity contribution in [1.82, 2.24) is 9.78 Å². The highest BCUT2D eigenvalue weighted by molar-refractivity contribution is 5.81. The Kier molecular flexibility index (Phi) is 1.79. The number of aryl methyl sites for hydroxylation is 1. The van der Waals surface area contributed by atoms with Crippen LogP contribution < -0.4 is 0 Å². The Morgan fingerprint density at radius 2 is 2.00 bits per heavy atom. The van der Waals surface area contributed by atoms with Gasteiger partial charge in [0, 0.05) is 12.4 Å². The number of para-hydroxylation sites is 1. The monoisotopic (exact) mass is 178 g/mol. The fourth-order valence-electron chi connectivity index (χ4n) is 1.43. The predicted octanol–water partition coefficient (Wildman–Crippen LogP) is 0.557. The van der Waals surface area contributed by atoms with Crippen molar-refractivity contribution >= 4 is 10.9 Å². The zero-order chi connectivity index (χ0) is 9.42. The van der Waals surface area contributed by atoms with Crippen LogP contribution in [-0.2, 0) is 7.05 Å². The Morgan fingerprint density at radius 1 is 1.31 bits per heavy atom. The van der Waals surface area contributed by atoms with Gasteiger partial charge in [0.15, 0.2) is 6.29 Å². The molecule has 2 N–H and O–H groups in total. The molecule has 0 fully saturated rings. The Labute approximate surface area is 75.0 Å². The Morgan fingerprint density at radius 3 is 2.69 bits per heavy atom. The average molecular weight is 178 g/mol. The van der Waals surface area contributed by atoms with E-state index in [1.807, 2.05) is 24.3 Å². The first-order valence-corrected chi connectivity index (χ1v) is 3.98. The maximum atomic E-state index is 9.01. The first kappa shape index (κ1) is 8.22. The van der Waals surface area contributed by atoms with E-state index in [0.29, 0.717) is 5.69 Å². The highest BCUT2D eigenvalue weighted by Crippen LogP contribution is 2.21. The number of rotatable bonds is 1. The molecule has 0 unspecified atom stereocenters. The third-order valence-electron chi connectivity index (χ3n) is 2.03. The van der Waals surface area contributed by atoms with E-state index in [4.69, 9.17) is 10.2 Å². The lowest BCUT2D eigenvalue weighted by Crippen LogP contribution is -1.97. The molecule has 4 nitrogen and oxygen atoms in total. The lowest BCUT2D eigenvalue weighted by molar-refractivity contribution is -0.0450. The molecule has 0 aliphatic heterocycles. The zero-order valence-corrected chi connectivity index (χ0v) is 7.18. The summed E-state index contributed by atoms with van der Waals surface area (Å²) in [6, 6.07) is 7.43. The predicted molar refractivity (Wildman–Crippen MR) is 47.9 cm³/mol. The van der Waals surface area contributed by atoms with Crippen LogP contribution in [0.2, 0.25) is 0 Å². The van der Waals surface area contributed by atoms with Crippen molar-refractivity contribution in [1.29, 1.82) is 0 Å². The summed E-state index contributed by atoms with van der Waals surface area (Å²) in [6.45, 7) is 0. The van der Waals surface area contributed by atoms with Gasteiger partial charge in [0.2, 0.25) is 0 Å². The summed E-state index contributed by atoms with van der Waals surface area (Å²) in [5, 5.41) is 22.8. The van der Waals surface area contributed by atoms with Gasteiger partial charge in [-0.25, -0.2) is 0 Å². The topological polar surface area (TPSA) is 58.3 Å². The largest absolute Gasteiger partial charge is 0.363 e. The number of nitrogens with zero attached hydrogens (tertiary/aromatic N) is 2. The normalized spacial score (nSPS) is 11.4. The molecule has 0 atom stereocenters. The lowest BCUT2D eigenvalue weighted by atomic mass is 10.2. The molecule has 0 saturated carbocycles. The summed E-state index contributed by atoms with van der Waals surface area (Å²) >= 11 is 0. The fourth-order valence-corrected chi connectivity index (χ4v) is 1.43. The second-order valence-electron chi connectivity index (χ2n) is 2.90. The molecule has 0 spiro atoms. The minimum absolute atomic E-state index is 0.304. The van der Waals surface area contributed by atoms with Gasteiger partial charge in [-0.3, -0.25) is 4.68 Å². The van der Waals surface area contributed by atoms with Gasteiger partial charge in [-0.2, -0.15) is 5.10 Å². The van der Waals surface area contributed by atoms with E-state index in [0.717, 1.165) is 10.9 Å². The van der Waals surface area contributed by atoms with Gasteiger partial charge >= 0.3 is 0 Å². The third kappa shape index (κ3) is 1.20. The van der Waals surface area contributed by atoms with Crippen LogP contribution in [0.5, 0.6) is 0 Å². The number of hydrogen-bond acceptors (Lipinski definition) is 3. The molecule has 0 amide bonds. The molecule has 0 aliphatic carbocycles. The van der Waals surface area contributed by atoms with E-state index in [1.54, 1.807) is 11.7 Å². The SMILES string of the molecule is Cn1nc(C(O)O)c2ccccc21. The molecule has 0 saturated heterocycles. The van der Waals surface area contributed by atoms with E-state index >= 15 is 0 Å². The number of fused-ring (bicyclic) bond motifs is 1. The number of aromatic nitrogens is 2. The molecule has 1 aromatic heterocycles. The second kappa shape index (κ2) is 2.83. The molecule has 0 aliphatic rings. The molecule has 0 bridgehead atoms. The molecule has 2 aromatic rings. The van der Waals surface area contributed by atoms with Crippen LogP contribution in [0, 0.1) is 0 Å². The molecular formula is C9H10N2O2. The summed E-state index contributed by atoms with van der Waals surface area (Å²) in [5.41, 5.74) is 1.20. The first-order valence-electron chi connectivity index (χ1n) is 3.98. The van der Waals surface area contributed by atoms with E-state index in [2.05, 4.69) is 5.10 Å². The van der Waals surface area contributed by atoms with E-state index in [9.17, 15) is 0 Å². The van der Waals surface area contributed by atoms with E-state index < -0.39 is 6.29 Å². The number of aliphatic hydroxyl groups is 2. The second-order valence-corrected chi connectivity index (χ2v) is 2.90. The van der Waals surface area contributed by atoms with Crippen molar-refractivity contribution in [2.24, 2.45) is 7.05 Å². The van der Waals surface area contributed by atoms with Crippen LogP contribution in [-0.4, -0.2) is 20.0 Å². The lowest BCUT2D eigenvalue weighted by Gasteiger charge is -1.97. The minimum Gasteiger partial charge on any atom is -0.363 e. The summed E-state index contributed by atoms with van der Waals surface area (Å²) < 4.78 is 1.63. The van der Waals surface area contributed by atoms with Crippen LogP contribution in [0.25, 0.3) is 10.9 Å². The van der Waals surface area contributed by atoms with Crippen molar-refractivity contribution in [2.45, 2.75) is 6.29 Å². The minimum atomic E-state index is -1.51. The molecule has 1 aromatic carbocycles. The van der Waals surface area contributed by atoms with Gasteiger partial charge in [0.05, 0.1) is 5.52 Å². The summed E-state index contributed by atoms with van der Waals surface area (Å²) in [6.07, 6.45) is -1.51. The number of hydrogen-bond donors (Lipinski definition) is 2. The Hall–Kier alpha value is -1.39. The Balaban J connectivity index is 2.78.